The van der Waals surface area contributed by atoms with Gasteiger partial charge in [0, 0.05) is 11.7 Å². The SMILES string of the molecule is CC(=O)SC1(CC#N)CC1. The maximum atomic E-state index is 10.6. The van der Waals surface area contributed by atoms with Gasteiger partial charge in [-0.1, -0.05) is 11.8 Å². The fourth-order valence-electron chi connectivity index (χ4n) is 0.903. The fourth-order valence-corrected chi connectivity index (χ4v) is 1.96. The zero-order valence-electron chi connectivity index (χ0n) is 5.89. The maximum absolute atomic E-state index is 10.6. The highest BCUT2D eigenvalue weighted by Crippen LogP contribution is 2.51. The molecule has 0 atom stereocenters. The van der Waals surface area contributed by atoms with E-state index in [0.29, 0.717) is 6.42 Å². The molecule has 1 saturated carbocycles. The van der Waals surface area contributed by atoms with Gasteiger partial charge in [-0.3, -0.25) is 4.79 Å². The second-order valence-corrected chi connectivity index (χ2v) is 4.26. The number of hydrogen-bond donors (Lipinski definition) is 0. The predicted octanol–water partition coefficient (Wildman–Crippen LogP) is 1.71. The van der Waals surface area contributed by atoms with E-state index in [4.69, 9.17) is 5.26 Å². The molecule has 0 spiro atoms. The van der Waals surface area contributed by atoms with Gasteiger partial charge >= 0.3 is 0 Å². The second-order valence-electron chi connectivity index (χ2n) is 2.61. The lowest BCUT2D eigenvalue weighted by atomic mass is 10.3. The van der Waals surface area contributed by atoms with E-state index in [0.717, 1.165) is 12.8 Å². The van der Waals surface area contributed by atoms with Crippen LogP contribution in [0.3, 0.4) is 0 Å². The highest BCUT2D eigenvalue weighted by atomic mass is 32.2. The molecule has 0 heterocycles. The third-order valence-corrected chi connectivity index (χ3v) is 2.84. The molecule has 3 heteroatoms. The zero-order chi connectivity index (χ0) is 7.61. The molecular weight excluding hydrogens is 146 g/mol. The lowest BCUT2D eigenvalue weighted by Gasteiger charge is -2.04. The smallest absolute Gasteiger partial charge is 0.186 e. The molecular formula is C7H9NOS. The monoisotopic (exact) mass is 155 g/mol. The number of nitriles is 1. The average molecular weight is 155 g/mol. The van der Waals surface area contributed by atoms with Crippen LogP contribution in [0.2, 0.25) is 0 Å². The minimum absolute atomic E-state index is 0.0284. The van der Waals surface area contributed by atoms with Gasteiger partial charge in [-0.15, -0.1) is 0 Å². The Morgan fingerprint density at radius 3 is 2.70 bits per heavy atom. The van der Waals surface area contributed by atoms with Crippen LogP contribution < -0.4 is 0 Å². The first kappa shape index (κ1) is 7.62. The van der Waals surface area contributed by atoms with Crippen molar-refractivity contribution < 1.29 is 4.79 Å². The Labute approximate surface area is 64.6 Å². The summed E-state index contributed by atoms with van der Waals surface area (Å²) in [5, 5.41) is 8.51. The number of hydrogen-bond acceptors (Lipinski definition) is 3. The predicted molar refractivity (Wildman–Crippen MR) is 40.5 cm³/mol. The Morgan fingerprint density at radius 1 is 1.80 bits per heavy atom. The number of carbonyl (C=O) groups excluding carboxylic acids is 1. The van der Waals surface area contributed by atoms with Crippen molar-refractivity contribution in [1.29, 1.82) is 5.26 Å². The first-order chi connectivity index (χ1) is 4.68. The van der Waals surface area contributed by atoms with E-state index in [1.54, 1.807) is 6.92 Å². The average Bonchev–Trinajstić information content (AvgIpc) is 2.47. The topological polar surface area (TPSA) is 40.9 Å². The van der Waals surface area contributed by atoms with Crippen LogP contribution in [0.5, 0.6) is 0 Å². The van der Waals surface area contributed by atoms with Crippen molar-refractivity contribution in [2.24, 2.45) is 0 Å². The number of nitrogens with zero attached hydrogens (tertiary/aromatic N) is 1. The summed E-state index contributed by atoms with van der Waals surface area (Å²) in [7, 11) is 0. The number of rotatable bonds is 2. The molecule has 1 fully saturated rings. The van der Waals surface area contributed by atoms with Gasteiger partial charge < -0.3 is 0 Å². The third-order valence-electron chi connectivity index (χ3n) is 1.57. The van der Waals surface area contributed by atoms with Crippen molar-refractivity contribution in [3.8, 4) is 6.07 Å². The second kappa shape index (κ2) is 2.63. The molecule has 0 radical (unpaired) electrons. The summed E-state index contributed by atoms with van der Waals surface area (Å²) in [5.74, 6) is 0. The highest BCUT2D eigenvalue weighted by molar-refractivity contribution is 8.15. The van der Waals surface area contributed by atoms with E-state index in [9.17, 15) is 4.79 Å². The van der Waals surface area contributed by atoms with Crippen molar-refractivity contribution >= 4 is 16.9 Å². The summed E-state index contributed by atoms with van der Waals surface area (Å²) >= 11 is 1.33. The first-order valence-corrected chi connectivity index (χ1v) is 4.07. The van der Waals surface area contributed by atoms with Crippen molar-refractivity contribution in [3.63, 3.8) is 0 Å². The van der Waals surface area contributed by atoms with Crippen LogP contribution in [0.1, 0.15) is 26.2 Å². The van der Waals surface area contributed by atoms with Gasteiger partial charge in [0.25, 0.3) is 0 Å². The van der Waals surface area contributed by atoms with Crippen molar-refractivity contribution in [1.82, 2.24) is 0 Å². The Kier molecular flexibility index (Phi) is 2.00. The molecule has 0 aliphatic heterocycles. The number of thioether (sulfide) groups is 1. The van der Waals surface area contributed by atoms with Crippen LogP contribution >= 0.6 is 11.8 Å². The lowest BCUT2D eigenvalue weighted by Crippen LogP contribution is -2.03. The minimum Gasteiger partial charge on any atom is -0.288 e. The molecule has 0 aromatic carbocycles. The molecule has 0 saturated heterocycles. The summed E-state index contributed by atoms with van der Waals surface area (Å²) < 4.78 is 0.0284. The van der Waals surface area contributed by atoms with Crippen LogP contribution in [-0.4, -0.2) is 9.86 Å². The van der Waals surface area contributed by atoms with E-state index in [1.165, 1.54) is 11.8 Å². The Morgan fingerprint density at radius 2 is 2.40 bits per heavy atom. The van der Waals surface area contributed by atoms with E-state index < -0.39 is 0 Å². The van der Waals surface area contributed by atoms with Gasteiger partial charge in [0.1, 0.15) is 0 Å². The molecule has 0 aromatic heterocycles. The largest absolute Gasteiger partial charge is 0.288 e. The van der Waals surface area contributed by atoms with Crippen LogP contribution in [0.25, 0.3) is 0 Å². The Bertz CT molecular complexity index is 190. The van der Waals surface area contributed by atoms with Crippen LogP contribution in [0.15, 0.2) is 0 Å². The van der Waals surface area contributed by atoms with Gasteiger partial charge in [-0.2, -0.15) is 5.26 Å². The van der Waals surface area contributed by atoms with Gasteiger partial charge in [-0.25, -0.2) is 0 Å². The van der Waals surface area contributed by atoms with E-state index in [2.05, 4.69) is 6.07 Å². The molecule has 0 amide bonds. The quantitative estimate of drug-likeness (QED) is 0.609. The van der Waals surface area contributed by atoms with Crippen LogP contribution in [-0.2, 0) is 4.79 Å². The van der Waals surface area contributed by atoms with Crippen LogP contribution in [0.4, 0.5) is 0 Å². The van der Waals surface area contributed by atoms with Crippen molar-refractivity contribution in [2.75, 3.05) is 0 Å². The lowest BCUT2D eigenvalue weighted by molar-refractivity contribution is -0.109. The summed E-state index contributed by atoms with van der Waals surface area (Å²) in [6.07, 6.45) is 2.59. The van der Waals surface area contributed by atoms with Crippen molar-refractivity contribution in [2.45, 2.75) is 30.9 Å². The molecule has 1 aliphatic carbocycles. The van der Waals surface area contributed by atoms with Gasteiger partial charge in [0.2, 0.25) is 0 Å². The van der Waals surface area contributed by atoms with E-state index in [1.807, 2.05) is 0 Å². The fraction of sp³-hybridized carbons (Fsp3) is 0.714. The zero-order valence-corrected chi connectivity index (χ0v) is 6.70. The molecule has 10 heavy (non-hydrogen) atoms. The van der Waals surface area contributed by atoms with Crippen LogP contribution in [0, 0.1) is 11.3 Å². The highest BCUT2D eigenvalue weighted by Gasteiger charge is 2.44. The summed E-state index contributed by atoms with van der Waals surface area (Å²) in [6.45, 7) is 1.56. The molecule has 2 nitrogen and oxygen atoms in total. The van der Waals surface area contributed by atoms with Gasteiger partial charge in [0.05, 0.1) is 12.5 Å². The van der Waals surface area contributed by atoms with Gasteiger partial charge in [0.15, 0.2) is 5.12 Å². The molecule has 1 aliphatic rings. The normalized spacial score (nSPS) is 19.6. The summed E-state index contributed by atoms with van der Waals surface area (Å²) in [5.41, 5.74) is 0. The standard InChI is InChI=1S/C7H9NOS/c1-6(9)10-7(2-3-7)4-5-8/h2-4H2,1H3. The molecule has 0 N–H and O–H groups in total. The third kappa shape index (κ3) is 1.74. The summed E-state index contributed by atoms with van der Waals surface area (Å²) in [4.78, 5) is 10.6. The molecule has 1 rings (SSSR count). The number of carbonyl (C=O) groups is 1. The summed E-state index contributed by atoms with van der Waals surface area (Å²) in [6, 6.07) is 2.10. The van der Waals surface area contributed by atoms with Crippen molar-refractivity contribution in [3.05, 3.63) is 0 Å². The Balaban J connectivity index is 2.39. The Hall–Kier alpha value is -0.490. The van der Waals surface area contributed by atoms with Gasteiger partial charge in [-0.05, 0) is 12.8 Å². The minimum atomic E-state index is 0.0284. The molecule has 0 unspecified atom stereocenters. The molecule has 0 aromatic rings. The van der Waals surface area contributed by atoms with E-state index in [-0.39, 0.29) is 9.86 Å². The first-order valence-electron chi connectivity index (χ1n) is 3.25. The molecule has 0 bridgehead atoms. The molecule has 54 valence electrons. The maximum Gasteiger partial charge on any atom is 0.186 e. The van der Waals surface area contributed by atoms with E-state index >= 15 is 0 Å².